The summed E-state index contributed by atoms with van der Waals surface area (Å²) >= 11 is 0. The molecule has 0 unspecified atom stereocenters. The van der Waals surface area contributed by atoms with Crippen molar-refractivity contribution in [2.75, 3.05) is 0 Å². The highest BCUT2D eigenvalue weighted by Gasteiger charge is 2.17. The van der Waals surface area contributed by atoms with Crippen molar-refractivity contribution in [1.29, 1.82) is 0 Å². The number of pyridine rings is 1. The number of aromatic nitrogens is 1. The second-order valence-corrected chi connectivity index (χ2v) is 6.08. The van der Waals surface area contributed by atoms with Crippen molar-refractivity contribution in [2.45, 2.75) is 25.0 Å². The van der Waals surface area contributed by atoms with E-state index < -0.39 is 10.0 Å². The van der Waals surface area contributed by atoms with Crippen LogP contribution in [0.5, 0.6) is 0 Å². The summed E-state index contributed by atoms with van der Waals surface area (Å²) in [5.74, 6) is 0. The van der Waals surface area contributed by atoms with Crippen LogP contribution in [0.3, 0.4) is 0 Å². The zero-order chi connectivity index (χ0) is 14.6. The van der Waals surface area contributed by atoms with Gasteiger partial charge in [0.2, 0.25) is 10.0 Å². The van der Waals surface area contributed by atoms with Gasteiger partial charge in [-0.25, -0.2) is 13.1 Å². The Balaban J connectivity index is 2.23. The molecule has 0 amide bonds. The Kier molecular flexibility index (Phi) is 4.49. The molecule has 0 spiro atoms. The maximum absolute atomic E-state index is 12.3. The van der Waals surface area contributed by atoms with Crippen molar-refractivity contribution in [1.82, 2.24) is 9.71 Å². The first-order valence-corrected chi connectivity index (χ1v) is 7.62. The molecule has 1 aromatic heterocycles. The fraction of sp³-hybridized carbons (Fsp3) is 0.214. The Hall–Kier alpha value is -1.76. The maximum Gasteiger partial charge on any atom is 0.241 e. The highest BCUT2D eigenvalue weighted by atomic mass is 32.2. The zero-order valence-electron chi connectivity index (χ0n) is 11.1. The van der Waals surface area contributed by atoms with Crippen molar-refractivity contribution in [3.05, 3.63) is 59.4 Å². The van der Waals surface area contributed by atoms with Crippen molar-refractivity contribution < 1.29 is 13.5 Å². The molecule has 1 aromatic carbocycles. The lowest BCUT2D eigenvalue weighted by molar-refractivity contribution is 0.280. The highest BCUT2D eigenvalue weighted by molar-refractivity contribution is 7.89. The average Bonchev–Trinajstić information content (AvgIpc) is 2.46. The third-order valence-electron chi connectivity index (χ3n) is 3.03. The molecule has 0 aliphatic rings. The quantitative estimate of drug-likeness (QED) is 0.872. The maximum atomic E-state index is 12.3. The number of nitrogens with one attached hydrogen (secondary N) is 1. The number of rotatable bonds is 5. The van der Waals surface area contributed by atoms with Crippen LogP contribution in [-0.2, 0) is 23.2 Å². The smallest absolute Gasteiger partial charge is 0.241 e. The van der Waals surface area contributed by atoms with Gasteiger partial charge in [-0.15, -0.1) is 0 Å². The van der Waals surface area contributed by atoms with E-state index in [1.54, 1.807) is 43.5 Å². The molecule has 0 atom stereocenters. The van der Waals surface area contributed by atoms with Gasteiger partial charge in [-0.2, -0.15) is 0 Å². The van der Waals surface area contributed by atoms with E-state index in [-0.39, 0.29) is 18.0 Å². The van der Waals surface area contributed by atoms with Gasteiger partial charge < -0.3 is 5.11 Å². The molecular weight excluding hydrogens is 276 g/mol. The van der Waals surface area contributed by atoms with Gasteiger partial charge in [0.1, 0.15) is 0 Å². The van der Waals surface area contributed by atoms with E-state index in [0.29, 0.717) is 16.8 Å². The van der Waals surface area contributed by atoms with E-state index >= 15 is 0 Å². The van der Waals surface area contributed by atoms with Crippen LogP contribution in [0.1, 0.15) is 16.8 Å². The summed E-state index contributed by atoms with van der Waals surface area (Å²) in [6.07, 6.45) is 1.61. The summed E-state index contributed by atoms with van der Waals surface area (Å²) in [5, 5.41) is 9.19. The van der Waals surface area contributed by atoms with Crippen molar-refractivity contribution in [3.8, 4) is 0 Å². The third-order valence-corrected chi connectivity index (χ3v) is 4.57. The van der Waals surface area contributed by atoms with Gasteiger partial charge in [-0.3, -0.25) is 4.98 Å². The van der Waals surface area contributed by atoms with Gasteiger partial charge in [0.25, 0.3) is 0 Å². The second-order valence-electron chi connectivity index (χ2n) is 4.34. The Morgan fingerprint density at radius 2 is 2.00 bits per heavy atom. The fourth-order valence-electron chi connectivity index (χ4n) is 1.87. The van der Waals surface area contributed by atoms with E-state index in [4.69, 9.17) is 0 Å². The Morgan fingerprint density at radius 3 is 2.65 bits per heavy atom. The van der Waals surface area contributed by atoms with Crippen LogP contribution in [0.2, 0.25) is 0 Å². The standard InChI is InChI=1S/C14H16N2O3S/c1-11-12(10-17)5-4-7-14(11)20(18,19)16-9-13-6-2-3-8-15-13/h2-8,16-17H,9-10H2,1H3. The van der Waals surface area contributed by atoms with E-state index in [0.717, 1.165) is 0 Å². The average molecular weight is 292 g/mol. The summed E-state index contributed by atoms with van der Waals surface area (Å²) in [4.78, 5) is 4.25. The lowest BCUT2D eigenvalue weighted by Crippen LogP contribution is -2.24. The lowest BCUT2D eigenvalue weighted by atomic mass is 10.1. The molecule has 2 aromatic rings. The number of benzene rings is 1. The van der Waals surface area contributed by atoms with Crippen LogP contribution in [0.15, 0.2) is 47.5 Å². The number of sulfonamides is 1. The minimum atomic E-state index is -3.62. The Morgan fingerprint density at radius 1 is 1.20 bits per heavy atom. The molecule has 106 valence electrons. The lowest BCUT2D eigenvalue weighted by Gasteiger charge is -2.11. The Bertz CT molecular complexity index is 685. The van der Waals surface area contributed by atoms with Gasteiger partial charge in [0.05, 0.1) is 23.7 Å². The van der Waals surface area contributed by atoms with Crippen LogP contribution >= 0.6 is 0 Å². The molecule has 5 nitrogen and oxygen atoms in total. The molecule has 0 aliphatic heterocycles. The van der Waals surface area contributed by atoms with Crippen LogP contribution < -0.4 is 4.72 Å². The number of hydrogen-bond acceptors (Lipinski definition) is 4. The molecule has 0 fully saturated rings. The Labute approximate surface area is 118 Å². The summed E-state index contributed by atoms with van der Waals surface area (Å²) in [7, 11) is -3.62. The molecule has 2 N–H and O–H groups in total. The van der Waals surface area contributed by atoms with Crippen LogP contribution in [0, 0.1) is 6.92 Å². The molecule has 6 heteroatoms. The van der Waals surface area contributed by atoms with Crippen molar-refractivity contribution in [3.63, 3.8) is 0 Å². The van der Waals surface area contributed by atoms with Crippen molar-refractivity contribution >= 4 is 10.0 Å². The fourth-order valence-corrected chi connectivity index (χ4v) is 3.16. The van der Waals surface area contributed by atoms with Gasteiger partial charge in [-0.1, -0.05) is 18.2 Å². The van der Waals surface area contributed by atoms with Crippen molar-refractivity contribution in [2.24, 2.45) is 0 Å². The second kappa shape index (κ2) is 6.13. The molecule has 0 radical (unpaired) electrons. The predicted octanol–water partition coefficient (Wildman–Crippen LogP) is 1.36. The number of aliphatic hydroxyl groups excluding tert-OH is 1. The topological polar surface area (TPSA) is 79.3 Å². The van der Waals surface area contributed by atoms with Gasteiger partial charge in [0.15, 0.2) is 0 Å². The number of aliphatic hydroxyl groups is 1. The summed E-state index contributed by atoms with van der Waals surface area (Å²) in [6.45, 7) is 1.63. The molecule has 1 heterocycles. The van der Waals surface area contributed by atoms with E-state index in [2.05, 4.69) is 9.71 Å². The first kappa shape index (κ1) is 14.6. The van der Waals surface area contributed by atoms with Crippen LogP contribution in [0.25, 0.3) is 0 Å². The molecule has 0 bridgehead atoms. The predicted molar refractivity (Wildman–Crippen MR) is 75.4 cm³/mol. The summed E-state index contributed by atoms with van der Waals surface area (Å²) in [6, 6.07) is 10.2. The molecule has 2 rings (SSSR count). The monoisotopic (exact) mass is 292 g/mol. The minimum absolute atomic E-state index is 0.131. The molecule has 20 heavy (non-hydrogen) atoms. The van der Waals surface area contributed by atoms with Gasteiger partial charge in [0, 0.05) is 6.20 Å². The first-order chi connectivity index (χ1) is 9.54. The first-order valence-electron chi connectivity index (χ1n) is 6.13. The summed E-state index contributed by atoms with van der Waals surface area (Å²) < 4.78 is 27.1. The third kappa shape index (κ3) is 3.22. The van der Waals surface area contributed by atoms with E-state index in [1.165, 1.54) is 6.07 Å². The SMILES string of the molecule is Cc1c(CO)cccc1S(=O)(=O)NCc1ccccn1. The summed E-state index contributed by atoms with van der Waals surface area (Å²) in [5.41, 5.74) is 1.81. The zero-order valence-corrected chi connectivity index (χ0v) is 11.9. The molecule has 0 saturated heterocycles. The minimum Gasteiger partial charge on any atom is -0.392 e. The normalized spacial score (nSPS) is 11.5. The van der Waals surface area contributed by atoms with Crippen LogP contribution in [0.4, 0.5) is 0 Å². The molecule has 0 saturated carbocycles. The van der Waals surface area contributed by atoms with E-state index in [1.807, 2.05) is 0 Å². The molecular formula is C14H16N2O3S. The van der Waals surface area contributed by atoms with Gasteiger partial charge in [-0.05, 0) is 36.2 Å². The largest absolute Gasteiger partial charge is 0.392 e. The van der Waals surface area contributed by atoms with Gasteiger partial charge >= 0.3 is 0 Å². The number of hydrogen-bond donors (Lipinski definition) is 2. The molecule has 0 aliphatic carbocycles. The highest BCUT2D eigenvalue weighted by Crippen LogP contribution is 2.19. The van der Waals surface area contributed by atoms with Crippen LogP contribution in [-0.4, -0.2) is 18.5 Å². The number of nitrogens with zero attached hydrogens (tertiary/aromatic N) is 1. The van der Waals surface area contributed by atoms with E-state index in [9.17, 15) is 13.5 Å².